The Hall–Kier alpha value is -2.82. The number of rotatable bonds is 5. The van der Waals surface area contributed by atoms with Gasteiger partial charge in [0, 0.05) is 32.0 Å². The van der Waals surface area contributed by atoms with Crippen LogP contribution in [0.1, 0.15) is 17.0 Å². The summed E-state index contributed by atoms with van der Waals surface area (Å²) in [7, 11) is 0. The number of hydrogen-bond acceptors (Lipinski definition) is 5. The van der Waals surface area contributed by atoms with Gasteiger partial charge in [0.25, 0.3) is 0 Å². The van der Waals surface area contributed by atoms with Crippen LogP contribution in [0.3, 0.4) is 0 Å². The second kappa shape index (κ2) is 7.20. The number of fused-ring (bicyclic) bond motifs is 1. The van der Waals surface area contributed by atoms with Crippen LogP contribution in [0, 0.1) is 11.3 Å². The number of halogens is 1. The SMILES string of the molecule is N#Cc1ccc2nc(COC3CN(Cc4cccnc4)CC3F)[nH]c2c1. The number of pyridine rings is 1. The van der Waals surface area contributed by atoms with Crippen LogP contribution in [0.15, 0.2) is 42.7 Å². The van der Waals surface area contributed by atoms with Gasteiger partial charge < -0.3 is 9.72 Å². The fourth-order valence-corrected chi connectivity index (χ4v) is 3.23. The van der Waals surface area contributed by atoms with E-state index in [0.717, 1.165) is 16.6 Å². The molecule has 2 aromatic heterocycles. The van der Waals surface area contributed by atoms with E-state index in [1.54, 1.807) is 30.6 Å². The lowest BCUT2D eigenvalue weighted by Crippen LogP contribution is -2.24. The summed E-state index contributed by atoms with van der Waals surface area (Å²) in [6.07, 6.45) is 2.02. The Labute approximate surface area is 150 Å². The quantitative estimate of drug-likeness (QED) is 0.764. The van der Waals surface area contributed by atoms with Crippen molar-refractivity contribution in [3.05, 3.63) is 59.7 Å². The third kappa shape index (κ3) is 3.57. The predicted molar refractivity (Wildman–Crippen MR) is 93.8 cm³/mol. The zero-order valence-corrected chi connectivity index (χ0v) is 14.1. The van der Waals surface area contributed by atoms with Crippen molar-refractivity contribution in [1.82, 2.24) is 19.9 Å². The summed E-state index contributed by atoms with van der Waals surface area (Å²) in [4.78, 5) is 13.7. The Balaban J connectivity index is 1.36. The fourth-order valence-electron chi connectivity index (χ4n) is 3.23. The molecule has 0 aliphatic carbocycles. The summed E-state index contributed by atoms with van der Waals surface area (Å²) in [6, 6.07) is 11.2. The summed E-state index contributed by atoms with van der Waals surface area (Å²) < 4.78 is 20.1. The van der Waals surface area contributed by atoms with Gasteiger partial charge in [-0.3, -0.25) is 9.88 Å². The minimum Gasteiger partial charge on any atom is -0.366 e. The molecule has 3 aromatic rings. The largest absolute Gasteiger partial charge is 0.366 e. The van der Waals surface area contributed by atoms with Crippen LogP contribution in [0.4, 0.5) is 4.39 Å². The van der Waals surface area contributed by atoms with E-state index in [1.165, 1.54) is 0 Å². The standard InChI is InChI=1S/C19H18FN5O/c20-15-10-25(9-14-2-1-5-22-8-14)11-18(15)26-12-19-23-16-4-3-13(7-21)6-17(16)24-19/h1-6,8,15,18H,9-12H2,(H,23,24). The van der Waals surface area contributed by atoms with Gasteiger partial charge in [-0.1, -0.05) is 6.07 Å². The molecule has 3 heterocycles. The Kier molecular flexibility index (Phi) is 4.61. The Morgan fingerprint density at radius 1 is 1.35 bits per heavy atom. The van der Waals surface area contributed by atoms with E-state index in [-0.39, 0.29) is 6.61 Å². The van der Waals surface area contributed by atoms with Gasteiger partial charge >= 0.3 is 0 Å². The van der Waals surface area contributed by atoms with Crippen molar-refractivity contribution in [3.8, 4) is 6.07 Å². The maximum absolute atomic E-state index is 14.3. The predicted octanol–water partition coefficient (Wildman–Crippen LogP) is 2.57. The zero-order valence-electron chi connectivity index (χ0n) is 14.1. The topological polar surface area (TPSA) is 77.8 Å². The molecule has 0 saturated carbocycles. The average molecular weight is 351 g/mol. The number of nitrogens with one attached hydrogen (secondary N) is 1. The lowest BCUT2D eigenvalue weighted by Gasteiger charge is -2.15. The molecule has 2 unspecified atom stereocenters. The molecule has 4 rings (SSSR count). The van der Waals surface area contributed by atoms with Crippen molar-refractivity contribution in [2.24, 2.45) is 0 Å². The number of hydrogen-bond donors (Lipinski definition) is 1. The van der Waals surface area contributed by atoms with Gasteiger partial charge in [-0.15, -0.1) is 0 Å². The van der Waals surface area contributed by atoms with Gasteiger partial charge in [-0.25, -0.2) is 9.37 Å². The van der Waals surface area contributed by atoms with Crippen LogP contribution < -0.4 is 0 Å². The number of ether oxygens (including phenoxy) is 1. The first-order valence-corrected chi connectivity index (χ1v) is 8.47. The van der Waals surface area contributed by atoms with Crippen LogP contribution >= 0.6 is 0 Å². The number of alkyl halides is 1. The Bertz CT molecular complexity index is 936. The molecule has 1 N–H and O–H groups in total. The number of aromatic amines is 1. The summed E-state index contributed by atoms with van der Waals surface area (Å²) in [5, 5.41) is 8.95. The Morgan fingerprint density at radius 2 is 2.27 bits per heavy atom. The summed E-state index contributed by atoms with van der Waals surface area (Å²) in [5.41, 5.74) is 3.18. The molecule has 0 spiro atoms. The summed E-state index contributed by atoms with van der Waals surface area (Å²) >= 11 is 0. The molecular weight excluding hydrogens is 333 g/mol. The second-order valence-corrected chi connectivity index (χ2v) is 6.45. The van der Waals surface area contributed by atoms with Crippen molar-refractivity contribution in [1.29, 1.82) is 5.26 Å². The highest BCUT2D eigenvalue weighted by atomic mass is 19.1. The number of nitrogens with zero attached hydrogens (tertiary/aromatic N) is 4. The van der Waals surface area contributed by atoms with E-state index in [0.29, 0.717) is 31.0 Å². The van der Waals surface area contributed by atoms with Gasteiger partial charge in [0.1, 0.15) is 24.7 Å². The molecule has 1 saturated heterocycles. The molecule has 132 valence electrons. The van der Waals surface area contributed by atoms with E-state index in [9.17, 15) is 4.39 Å². The molecule has 1 fully saturated rings. The number of H-pyrrole nitrogens is 1. The van der Waals surface area contributed by atoms with E-state index >= 15 is 0 Å². The lowest BCUT2D eigenvalue weighted by atomic mass is 10.2. The average Bonchev–Trinajstić information content (AvgIpc) is 3.22. The normalized spacial score (nSPS) is 20.5. The van der Waals surface area contributed by atoms with Gasteiger partial charge in [-0.05, 0) is 29.8 Å². The maximum Gasteiger partial charge on any atom is 0.140 e. The van der Waals surface area contributed by atoms with Gasteiger partial charge in [0.2, 0.25) is 0 Å². The minimum atomic E-state index is -1.03. The summed E-state index contributed by atoms with van der Waals surface area (Å²) in [6.45, 7) is 1.76. The molecular formula is C19H18FN5O. The maximum atomic E-state index is 14.3. The number of aromatic nitrogens is 3. The molecule has 0 bridgehead atoms. The third-order valence-electron chi connectivity index (χ3n) is 4.50. The molecule has 1 aromatic carbocycles. The van der Waals surface area contributed by atoms with E-state index in [2.05, 4.69) is 21.0 Å². The van der Waals surface area contributed by atoms with E-state index in [1.807, 2.05) is 17.0 Å². The van der Waals surface area contributed by atoms with Crippen molar-refractivity contribution in [2.45, 2.75) is 25.4 Å². The van der Waals surface area contributed by atoms with Crippen molar-refractivity contribution in [3.63, 3.8) is 0 Å². The van der Waals surface area contributed by atoms with Crippen LogP contribution in [0.2, 0.25) is 0 Å². The molecule has 1 aliphatic heterocycles. The van der Waals surface area contributed by atoms with Crippen molar-refractivity contribution in [2.75, 3.05) is 13.1 Å². The highest BCUT2D eigenvalue weighted by molar-refractivity contribution is 5.76. The fraction of sp³-hybridized carbons (Fsp3) is 0.316. The number of benzene rings is 1. The van der Waals surface area contributed by atoms with Crippen LogP contribution in [0.5, 0.6) is 0 Å². The molecule has 0 amide bonds. The Morgan fingerprint density at radius 3 is 3.08 bits per heavy atom. The number of nitriles is 1. The van der Waals surface area contributed by atoms with Crippen LogP contribution in [-0.2, 0) is 17.9 Å². The van der Waals surface area contributed by atoms with Gasteiger partial charge in [0.05, 0.1) is 22.7 Å². The van der Waals surface area contributed by atoms with Crippen molar-refractivity contribution >= 4 is 11.0 Å². The van der Waals surface area contributed by atoms with E-state index in [4.69, 9.17) is 10.00 Å². The summed E-state index contributed by atoms with van der Waals surface area (Å²) in [5.74, 6) is 0.632. The molecule has 26 heavy (non-hydrogen) atoms. The van der Waals surface area contributed by atoms with Crippen LogP contribution in [-0.4, -0.2) is 45.2 Å². The second-order valence-electron chi connectivity index (χ2n) is 6.45. The molecule has 6 nitrogen and oxygen atoms in total. The highest BCUT2D eigenvalue weighted by Crippen LogP contribution is 2.21. The zero-order chi connectivity index (χ0) is 17.9. The molecule has 1 aliphatic rings. The number of imidazole rings is 1. The first kappa shape index (κ1) is 16.6. The monoisotopic (exact) mass is 351 g/mol. The molecule has 2 atom stereocenters. The number of likely N-dealkylation sites (tertiary alicyclic amines) is 1. The van der Waals surface area contributed by atoms with Gasteiger partial charge in [0.15, 0.2) is 0 Å². The first-order chi connectivity index (χ1) is 12.7. The lowest BCUT2D eigenvalue weighted by molar-refractivity contribution is 0.00863. The van der Waals surface area contributed by atoms with Gasteiger partial charge in [-0.2, -0.15) is 5.26 Å². The smallest absolute Gasteiger partial charge is 0.140 e. The third-order valence-corrected chi connectivity index (χ3v) is 4.50. The van der Waals surface area contributed by atoms with Crippen LogP contribution in [0.25, 0.3) is 11.0 Å². The van der Waals surface area contributed by atoms with E-state index < -0.39 is 12.3 Å². The highest BCUT2D eigenvalue weighted by Gasteiger charge is 2.33. The molecule has 0 radical (unpaired) electrons. The first-order valence-electron chi connectivity index (χ1n) is 8.47. The molecule has 7 heteroatoms. The van der Waals surface area contributed by atoms with Crippen molar-refractivity contribution < 1.29 is 9.13 Å². The minimum absolute atomic E-state index is 0.211.